The number of likely N-dealkylation sites (tertiary alicyclic amines) is 1. The molecule has 0 radical (unpaired) electrons. The zero-order valence-electron chi connectivity index (χ0n) is 15.1. The van der Waals surface area contributed by atoms with Crippen LogP contribution in [0.4, 0.5) is 4.79 Å². The highest BCUT2D eigenvalue weighted by molar-refractivity contribution is 5.74. The van der Waals surface area contributed by atoms with Gasteiger partial charge in [0.1, 0.15) is 12.4 Å². The molecule has 1 saturated heterocycles. The molecule has 1 heterocycles. The first-order valence-electron chi connectivity index (χ1n) is 9.31. The van der Waals surface area contributed by atoms with Gasteiger partial charge in [0.05, 0.1) is 6.10 Å². The Morgan fingerprint density at radius 3 is 2.68 bits per heavy atom. The molecule has 1 aliphatic heterocycles. The van der Waals surface area contributed by atoms with Crippen molar-refractivity contribution < 1.29 is 14.6 Å². The number of para-hydroxylation sites is 1. The number of nitrogens with one attached hydrogen (secondary N) is 2. The van der Waals surface area contributed by atoms with E-state index in [1.54, 1.807) is 0 Å². The lowest BCUT2D eigenvalue weighted by molar-refractivity contribution is 0.0981. The van der Waals surface area contributed by atoms with Gasteiger partial charge in [-0.25, -0.2) is 4.79 Å². The number of ether oxygens (including phenoxy) is 1. The van der Waals surface area contributed by atoms with E-state index in [1.165, 1.54) is 0 Å². The lowest BCUT2D eigenvalue weighted by Crippen LogP contribution is -2.48. The van der Waals surface area contributed by atoms with Crippen LogP contribution in [0, 0.1) is 0 Å². The van der Waals surface area contributed by atoms with Crippen molar-refractivity contribution in [3.05, 3.63) is 30.3 Å². The number of rotatable bonds is 9. The number of carbonyl (C=O) groups excluding carboxylic acids is 1. The van der Waals surface area contributed by atoms with Crippen LogP contribution in [-0.2, 0) is 0 Å². The lowest BCUT2D eigenvalue weighted by Gasteiger charge is -2.32. The van der Waals surface area contributed by atoms with Crippen molar-refractivity contribution in [1.29, 1.82) is 0 Å². The van der Waals surface area contributed by atoms with Gasteiger partial charge in [-0.05, 0) is 44.4 Å². The molecule has 0 aromatic heterocycles. The molecule has 0 saturated carbocycles. The van der Waals surface area contributed by atoms with E-state index < -0.39 is 6.10 Å². The first-order chi connectivity index (χ1) is 12.2. The monoisotopic (exact) mass is 349 g/mol. The van der Waals surface area contributed by atoms with Crippen LogP contribution in [0.2, 0.25) is 0 Å². The van der Waals surface area contributed by atoms with Crippen molar-refractivity contribution in [2.24, 2.45) is 0 Å². The maximum atomic E-state index is 11.9. The summed E-state index contributed by atoms with van der Waals surface area (Å²) in [4.78, 5) is 13.8. The summed E-state index contributed by atoms with van der Waals surface area (Å²) < 4.78 is 5.55. The molecule has 25 heavy (non-hydrogen) atoms. The first kappa shape index (κ1) is 19.5. The number of nitrogens with zero attached hydrogens (tertiary/aromatic N) is 1. The zero-order valence-corrected chi connectivity index (χ0v) is 15.1. The SMILES string of the molecule is CCCNC(=O)N1CCC(NCCC(O)COc2ccccc2)CC1. The summed E-state index contributed by atoms with van der Waals surface area (Å²) >= 11 is 0. The van der Waals surface area contributed by atoms with Crippen molar-refractivity contribution in [2.45, 2.75) is 44.8 Å². The molecule has 2 rings (SSSR count). The number of carbonyl (C=O) groups is 1. The number of hydrogen-bond acceptors (Lipinski definition) is 4. The third-order valence-corrected chi connectivity index (χ3v) is 4.40. The van der Waals surface area contributed by atoms with E-state index in [2.05, 4.69) is 17.6 Å². The molecule has 0 spiro atoms. The average Bonchev–Trinajstić information content (AvgIpc) is 2.66. The predicted molar refractivity (Wildman–Crippen MR) is 98.8 cm³/mol. The zero-order chi connectivity index (χ0) is 17.9. The van der Waals surface area contributed by atoms with Gasteiger partial charge in [-0.1, -0.05) is 25.1 Å². The molecule has 1 atom stereocenters. The topological polar surface area (TPSA) is 73.8 Å². The van der Waals surface area contributed by atoms with E-state index in [0.717, 1.165) is 51.2 Å². The van der Waals surface area contributed by atoms with Crippen LogP contribution in [0.5, 0.6) is 5.75 Å². The Labute approximate surface area is 150 Å². The van der Waals surface area contributed by atoms with Crippen molar-refractivity contribution in [3.63, 3.8) is 0 Å². The maximum absolute atomic E-state index is 11.9. The Hall–Kier alpha value is -1.79. The van der Waals surface area contributed by atoms with E-state index in [0.29, 0.717) is 19.1 Å². The molecule has 6 heteroatoms. The van der Waals surface area contributed by atoms with E-state index in [4.69, 9.17) is 4.74 Å². The number of aliphatic hydroxyl groups is 1. The molecule has 1 unspecified atom stereocenters. The second-order valence-electron chi connectivity index (χ2n) is 6.51. The summed E-state index contributed by atoms with van der Waals surface area (Å²) in [6, 6.07) is 10.00. The summed E-state index contributed by atoms with van der Waals surface area (Å²) in [6.07, 6.45) is 3.05. The second-order valence-corrected chi connectivity index (χ2v) is 6.51. The van der Waals surface area contributed by atoms with Crippen molar-refractivity contribution >= 4 is 6.03 Å². The minimum atomic E-state index is -0.479. The fourth-order valence-corrected chi connectivity index (χ4v) is 2.88. The minimum Gasteiger partial charge on any atom is -0.491 e. The molecule has 1 aromatic carbocycles. The quantitative estimate of drug-likeness (QED) is 0.637. The summed E-state index contributed by atoms with van der Waals surface area (Å²) in [7, 11) is 0. The highest BCUT2D eigenvalue weighted by atomic mass is 16.5. The summed E-state index contributed by atoms with van der Waals surface area (Å²) in [5.74, 6) is 0.781. The van der Waals surface area contributed by atoms with Gasteiger partial charge in [-0.2, -0.15) is 0 Å². The van der Waals surface area contributed by atoms with Crippen LogP contribution in [0.15, 0.2) is 30.3 Å². The molecule has 1 aliphatic rings. The summed E-state index contributed by atoms with van der Waals surface area (Å²) in [5, 5.41) is 16.4. The molecular weight excluding hydrogens is 318 g/mol. The van der Waals surface area contributed by atoms with Gasteiger partial charge >= 0.3 is 6.03 Å². The molecule has 1 aromatic rings. The van der Waals surface area contributed by atoms with Crippen molar-refractivity contribution in [1.82, 2.24) is 15.5 Å². The van der Waals surface area contributed by atoms with Gasteiger partial charge in [-0.3, -0.25) is 0 Å². The number of benzene rings is 1. The van der Waals surface area contributed by atoms with Gasteiger partial charge < -0.3 is 25.4 Å². The standard InChI is InChI=1S/C19H31N3O3/c1-2-11-21-19(24)22-13-9-16(10-14-22)20-12-8-17(23)15-25-18-6-4-3-5-7-18/h3-7,16-17,20,23H,2,8-15H2,1H3,(H,21,24). The molecule has 6 nitrogen and oxygen atoms in total. The Morgan fingerprint density at radius 2 is 2.00 bits per heavy atom. The average molecular weight is 349 g/mol. The third-order valence-electron chi connectivity index (χ3n) is 4.40. The third kappa shape index (κ3) is 7.32. The minimum absolute atomic E-state index is 0.0498. The van der Waals surface area contributed by atoms with Crippen LogP contribution in [0.1, 0.15) is 32.6 Å². The molecule has 140 valence electrons. The molecular formula is C19H31N3O3. The van der Waals surface area contributed by atoms with Gasteiger partial charge in [0.2, 0.25) is 0 Å². The van der Waals surface area contributed by atoms with Gasteiger partial charge in [0.15, 0.2) is 0 Å². The molecule has 3 N–H and O–H groups in total. The Balaban J connectivity index is 1.54. The van der Waals surface area contributed by atoms with E-state index in [1.807, 2.05) is 35.2 Å². The number of amides is 2. The normalized spacial score (nSPS) is 16.5. The fourth-order valence-electron chi connectivity index (χ4n) is 2.88. The Morgan fingerprint density at radius 1 is 1.28 bits per heavy atom. The maximum Gasteiger partial charge on any atom is 0.317 e. The number of urea groups is 1. The van der Waals surface area contributed by atoms with Gasteiger partial charge in [0.25, 0.3) is 0 Å². The van der Waals surface area contributed by atoms with E-state index >= 15 is 0 Å². The van der Waals surface area contributed by atoms with Crippen LogP contribution in [0.3, 0.4) is 0 Å². The molecule has 1 fully saturated rings. The number of aliphatic hydroxyl groups excluding tert-OH is 1. The highest BCUT2D eigenvalue weighted by Crippen LogP contribution is 2.11. The first-order valence-corrected chi connectivity index (χ1v) is 9.31. The van der Waals surface area contributed by atoms with E-state index in [9.17, 15) is 9.90 Å². The van der Waals surface area contributed by atoms with Gasteiger partial charge in [0, 0.05) is 25.7 Å². The summed E-state index contributed by atoms with van der Waals surface area (Å²) in [5.41, 5.74) is 0. The Bertz CT molecular complexity index is 490. The molecule has 0 bridgehead atoms. The smallest absolute Gasteiger partial charge is 0.317 e. The van der Waals surface area contributed by atoms with Crippen molar-refractivity contribution in [3.8, 4) is 5.75 Å². The number of hydrogen-bond donors (Lipinski definition) is 3. The van der Waals surface area contributed by atoms with Crippen LogP contribution < -0.4 is 15.4 Å². The second kappa shape index (κ2) is 10.9. The lowest BCUT2D eigenvalue weighted by atomic mass is 10.1. The molecule has 2 amide bonds. The largest absolute Gasteiger partial charge is 0.491 e. The van der Waals surface area contributed by atoms with Gasteiger partial charge in [-0.15, -0.1) is 0 Å². The van der Waals surface area contributed by atoms with Crippen LogP contribution in [-0.4, -0.2) is 61.0 Å². The Kier molecular flexibility index (Phi) is 8.55. The predicted octanol–water partition coefficient (Wildman–Crippen LogP) is 1.99. The van der Waals surface area contributed by atoms with E-state index in [-0.39, 0.29) is 6.03 Å². The van der Waals surface area contributed by atoms with Crippen LogP contribution in [0.25, 0.3) is 0 Å². The fraction of sp³-hybridized carbons (Fsp3) is 0.632. The number of piperidine rings is 1. The molecule has 0 aliphatic carbocycles. The van der Waals surface area contributed by atoms with Crippen molar-refractivity contribution in [2.75, 3.05) is 32.8 Å². The summed E-state index contributed by atoms with van der Waals surface area (Å²) in [6.45, 7) is 5.42. The highest BCUT2D eigenvalue weighted by Gasteiger charge is 2.22. The van der Waals surface area contributed by atoms with Crippen LogP contribution >= 0.6 is 0 Å².